The molecule has 28 heavy (non-hydrogen) atoms. The number of methoxy groups -OCH3 is 1. The van der Waals surface area contributed by atoms with Crippen molar-refractivity contribution in [2.24, 2.45) is 0 Å². The molecule has 2 aromatic carbocycles. The van der Waals surface area contributed by atoms with Crippen LogP contribution in [0.3, 0.4) is 0 Å². The Kier molecular flexibility index (Phi) is 5.63. The predicted molar refractivity (Wildman–Crippen MR) is 110 cm³/mol. The van der Waals surface area contributed by atoms with Crippen molar-refractivity contribution >= 4 is 17.5 Å². The Hall–Kier alpha value is -3.19. The SMILES string of the molecule is COc1ccc(Nc2nncc(N3CCN(Cc4ccccc4)CC3)n2)cc1. The third-order valence-electron chi connectivity index (χ3n) is 4.84. The van der Waals surface area contributed by atoms with Gasteiger partial charge in [0.1, 0.15) is 5.75 Å². The largest absolute Gasteiger partial charge is 0.497 e. The molecule has 0 radical (unpaired) electrons. The number of nitrogens with zero attached hydrogens (tertiary/aromatic N) is 5. The van der Waals surface area contributed by atoms with Crippen molar-refractivity contribution in [2.45, 2.75) is 6.54 Å². The van der Waals surface area contributed by atoms with Gasteiger partial charge in [0, 0.05) is 38.4 Å². The van der Waals surface area contributed by atoms with Crippen LogP contribution >= 0.6 is 0 Å². The third-order valence-corrected chi connectivity index (χ3v) is 4.84. The summed E-state index contributed by atoms with van der Waals surface area (Å²) in [5.41, 5.74) is 2.25. The highest BCUT2D eigenvalue weighted by atomic mass is 16.5. The molecule has 1 aromatic heterocycles. The molecule has 1 saturated heterocycles. The molecular weight excluding hydrogens is 352 g/mol. The topological polar surface area (TPSA) is 66.4 Å². The monoisotopic (exact) mass is 376 g/mol. The van der Waals surface area contributed by atoms with Gasteiger partial charge in [0.2, 0.25) is 5.95 Å². The van der Waals surface area contributed by atoms with Crippen LogP contribution in [0.4, 0.5) is 17.5 Å². The second-order valence-electron chi connectivity index (χ2n) is 6.74. The van der Waals surface area contributed by atoms with Crippen molar-refractivity contribution < 1.29 is 4.74 Å². The molecule has 7 nitrogen and oxygen atoms in total. The van der Waals surface area contributed by atoms with Gasteiger partial charge >= 0.3 is 0 Å². The maximum atomic E-state index is 5.18. The third kappa shape index (κ3) is 4.55. The first-order valence-corrected chi connectivity index (χ1v) is 9.42. The summed E-state index contributed by atoms with van der Waals surface area (Å²) in [5, 5.41) is 11.4. The Labute approximate surface area is 165 Å². The number of piperazine rings is 1. The Morgan fingerprint density at radius 3 is 2.43 bits per heavy atom. The first-order valence-electron chi connectivity index (χ1n) is 9.42. The maximum absolute atomic E-state index is 5.18. The van der Waals surface area contributed by atoms with Gasteiger partial charge in [0.25, 0.3) is 0 Å². The molecule has 1 fully saturated rings. The second kappa shape index (κ2) is 8.67. The van der Waals surface area contributed by atoms with Crippen molar-refractivity contribution in [1.29, 1.82) is 0 Å². The van der Waals surface area contributed by atoms with E-state index in [1.54, 1.807) is 13.3 Å². The first-order chi connectivity index (χ1) is 13.8. The van der Waals surface area contributed by atoms with E-state index in [0.29, 0.717) is 5.95 Å². The summed E-state index contributed by atoms with van der Waals surface area (Å²) in [5.74, 6) is 2.16. The highest BCUT2D eigenvalue weighted by Crippen LogP contribution is 2.20. The van der Waals surface area contributed by atoms with Crippen LogP contribution in [-0.2, 0) is 6.54 Å². The van der Waals surface area contributed by atoms with Crippen LogP contribution in [-0.4, -0.2) is 53.4 Å². The summed E-state index contributed by atoms with van der Waals surface area (Å²) < 4.78 is 5.18. The molecule has 3 aromatic rings. The van der Waals surface area contributed by atoms with Gasteiger partial charge in [-0.25, -0.2) is 0 Å². The Morgan fingerprint density at radius 1 is 0.964 bits per heavy atom. The minimum Gasteiger partial charge on any atom is -0.497 e. The molecule has 0 amide bonds. The zero-order valence-corrected chi connectivity index (χ0v) is 16.0. The Bertz CT molecular complexity index is 879. The molecule has 0 atom stereocenters. The van der Waals surface area contributed by atoms with E-state index in [1.165, 1.54) is 5.56 Å². The van der Waals surface area contributed by atoms with Gasteiger partial charge in [-0.1, -0.05) is 30.3 Å². The fourth-order valence-electron chi connectivity index (χ4n) is 3.28. The van der Waals surface area contributed by atoms with Crippen LogP contribution in [0.15, 0.2) is 60.8 Å². The number of aromatic nitrogens is 3. The summed E-state index contributed by atoms with van der Waals surface area (Å²) >= 11 is 0. The summed E-state index contributed by atoms with van der Waals surface area (Å²) in [4.78, 5) is 9.36. The molecular formula is C21H24N6O. The Balaban J connectivity index is 1.35. The number of hydrogen-bond donors (Lipinski definition) is 1. The van der Waals surface area contributed by atoms with Crippen LogP contribution in [0.1, 0.15) is 5.56 Å². The number of anilines is 3. The molecule has 0 unspecified atom stereocenters. The number of ether oxygens (including phenoxy) is 1. The smallest absolute Gasteiger partial charge is 0.249 e. The number of nitrogens with one attached hydrogen (secondary N) is 1. The van der Waals surface area contributed by atoms with Gasteiger partial charge in [-0.05, 0) is 29.8 Å². The van der Waals surface area contributed by atoms with Crippen molar-refractivity contribution in [2.75, 3.05) is 43.5 Å². The predicted octanol–water partition coefficient (Wildman–Crippen LogP) is 2.95. The molecule has 0 saturated carbocycles. The molecule has 0 bridgehead atoms. The molecule has 4 rings (SSSR count). The van der Waals surface area contributed by atoms with Crippen molar-refractivity contribution in [3.63, 3.8) is 0 Å². The fraction of sp³-hybridized carbons (Fsp3) is 0.286. The van der Waals surface area contributed by atoms with Gasteiger partial charge in [-0.15, -0.1) is 5.10 Å². The van der Waals surface area contributed by atoms with E-state index in [-0.39, 0.29) is 0 Å². The lowest BCUT2D eigenvalue weighted by atomic mass is 10.2. The van der Waals surface area contributed by atoms with E-state index in [1.807, 2.05) is 24.3 Å². The van der Waals surface area contributed by atoms with Crippen molar-refractivity contribution in [3.05, 3.63) is 66.4 Å². The first kappa shape index (κ1) is 18.2. The van der Waals surface area contributed by atoms with Crippen LogP contribution < -0.4 is 15.0 Å². The van der Waals surface area contributed by atoms with Crippen LogP contribution in [0.5, 0.6) is 5.75 Å². The van der Waals surface area contributed by atoms with Gasteiger partial charge in [-0.3, -0.25) is 4.90 Å². The average molecular weight is 376 g/mol. The molecule has 1 aliphatic heterocycles. The molecule has 2 heterocycles. The standard InChI is InChI=1S/C21H24N6O/c1-28-19-9-7-18(8-10-19)23-21-24-20(15-22-25-21)27-13-11-26(12-14-27)16-17-5-3-2-4-6-17/h2-10,15H,11-14,16H2,1H3,(H,23,24,25). The quantitative estimate of drug-likeness (QED) is 0.709. The molecule has 0 spiro atoms. The van der Waals surface area contributed by atoms with E-state index >= 15 is 0 Å². The summed E-state index contributed by atoms with van der Waals surface area (Å²) in [7, 11) is 1.65. The lowest BCUT2D eigenvalue weighted by Gasteiger charge is -2.35. The van der Waals surface area contributed by atoms with E-state index < -0.39 is 0 Å². The van der Waals surface area contributed by atoms with Crippen LogP contribution in [0.25, 0.3) is 0 Å². The molecule has 1 aliphatic rings. The summed E-state index contributed by atoms with van der Waals surface area (Å²) in [6.07, 6.45) is 1.73. The molecule has 1 N–H and O–H groups in total. The molecule has 144 valence electrons. The van der Waals surface area contributed by atoms with E-state index in [4.69, 9.17) is 4.74 Å². The molecule has 0 aliphatic carbocycles. The zero-order valence-electron chi connectivity index (χ0n) is 16.0. The zero-order chi connectivity index (χ0) is 19.2. The van der Waals surface area contributed by atoms with E-state index in [0.717, 1.165) is 50.0 Å². The normalized spacial score (nSPS) is 14.7. The average Bonchev–Trinajstić information content (AvgIpc) is 2.76. The number of rotatable bonds is 6. The molecule has 7 heteroatoms. The lowest BCUT2D eigenvalue weighted by Crippen LogP contribution is -2.46. The lowest BCUT2D eigenvalue weighted by molar-refractivity contribution is 0.249. The van der Waals surface area contributed by atoms with Crippen LogP contribution in [0, 0.1) is 0 Å². The summed E-state index contributed by atoms with van der Waals surface area (Å²) in [6.45, 7) is 4.84. The van der Waals surface area contributed by atoms with Crippen LogP contribution in [0.2, 0.25) is 0 Å². The Morgan fingerprint density at radius 2 is 1.71 bits per heavy atom. The van der Waals surface area contributed by atoms with Crippen molar-refractivity contribution in [1.82, 2.24) is 20.1 Å². The van der Waals surface area contributed by atoms with Gasteiger partial charge < -0.3 is 15.0 Å². The highest BCUT2D eigenvalue weighted by Gasteiger charge is 2.19. The fourth-order valence-corrected chi connectivity index (χ4v) is 3.28. The van der Waals surface area contributed by atoms with Gasteiger partial charge in [0.15, 0.2) is 5.82 Å². The minimum atomic E-state index is 0.495. The van der Waals surface area contributed by atoms with E-state index in [2.05, 4.69) is 60.6 Å². The van der Waals surface area contributed by atoms with Gasteiger partial charge in [0.05, 0.1) is 13.3 Å². The van der Waals surface area contributed by atoms with E-state index in [9.17, 15) is 0 Å². The number of hydrogen-bond acceptors (Lipinski definition) is 7. The van der Waals surface area contributed by atoms with Crippen molar-refractivity contribution in [3.8, 4) is 5.75 Å². The number of benzene rings is 2. The second-order valence-corrected chi connectivity index (χ2v) is 6.74. The minimum absolute atomic E-state index is 0.495. The van der Waals surface area contributed by atoms with Gasteiger partial charge in [-0.2, -0.15) is 10.1 Å². The summed E-state index contributed by atoms with van der Waals surface area (Å²) in [6, 6.07) is 18.2. The maximum Gasteiger partial charge on any atom is 0.249 e. The highest BCUT2D eigenvalue weighted by molar-refractivity contribution is 5.55.